The van der Waals surface area contributed by atoms with E-state index >= 15 is 0 Å². The number of aryl methyl sites for hydroxylation is 1. The number of anilines is 2. The van der Waals surface area contributed by atoms with Crippen LogP contribution in [0.15, 0.2) is 32.6 Å². The van der Waals surface area contributed by atoms with Gasteiger partial charge >= 0.3 is 0 Å². The second-order valence-corrected chi connectivity index (χ2v) is 7.99. The van der Waals surface area contributed by atoms with Gasteiger partial charge < -0.3 is 15.6 Å². The summed E-state index contributed by atoms with van der Waals surface area (Å²) in [6.07, 6.45) is -0.0978. The minimum Gasteiger partial charge on any atom is -0.325 e. The summed E-state index contributed by atoms with van der Waals surface area (Å²) < 4.78 is 0.900. The summed E-state index contributed by atoms with van der Waals surface area (Å²) in [7, 11) is 0. The topological polar surface area (TPSA) is 104 Å². The summed E-state index contributed by atoms with van der Waals surface area (Å²) >= 11 is 4.73. The van der Waals surface area contributed by atoms with Gasteiger partial charge in [-0.2, -0.15) is 0 Å². The largest absolute Gasteiger partial charge is 0.325 e. The molecule has 1 atom stereocenters. The van der Waals surface area contributed by atoms with Crippen LogP contribution in [-0.2, 0) is 9.59 Å². The van der Waals surface area contributed by atoms with E-state index in [1.807, 2.05) is 26.0 Å². The van der Waals surface area contributed by atoms with Gasteiger partial charge in [0.15, 0.2) is 5.16 Å². The van der Waals surface area contributed by atoms with Crippen LogP contribution in [0, 0.1) is 6.92 Å². The predicted molar refractivity (Wildman–Crippen MR) is 105 cm³/mol. The molecule has 1 aliphatic rings. The van der Waals surface area contributed by atoms with Crippen molar-refractivity contribution >= 4 is 51.0 Å². The summed E-state index contributed by atoms with van der Waals surface area (Å²) in [5.41, 5.74) is 1.29. The van der Waals surface area contributed by atoms with Crippen molar-refractivity contribution in [2.45, 2.75) is 31.3 Å². The number of thioether (sulfide) groups is 1. The lowest BCUT2D eigenvalue weighted by molar-refractivity contribution is -0.123. The van der Waals surface area contributed by atoms with E-state index in [1.165, 1.54) is 11.8 Å². The highest BCUT2D eigenvalue weighted by molar-refractivity contribution is 9.10. The molecular weight excluding hydrogens is 420 g/mol. The summed E-state index contributed by atoms with van der Waals surface area (Å²) in [6, 6.07) is 5.46. The molecule has 0 saturated heterocycles. The molecule has 0 spiro atoms. The molecule has 1 unspecified atom stereocenters. The van der Waals surface area contributed by atoms with Crippen molar-refractivity contribution in [3.63, 3.8) is 0 Å². The van der Waals surface area contributed by atoms with E-state index < -0.39 is 17.4 Å². The third-order valence-corrected chi connectivity index (χ3v) is 5.22. The van der Waals surface area contributed by atoms with Crippen molar-refractivity contribution in [2.75, 3.05) is 16.4 Å². The molecule has 26 heavy (non-hydrogen) atoms. The number of carbonyl (C=O) groups excluding carboxylic acids is 2. The molecule has 1 aromatic heterocycles. The summed E-state index contributed by atoms with van der Waals surface area (Å²) in [4.78, 5) is 44.3. The zero-order chi connectivity index (χ0) is 18.8. The lowest BCUT2D eigenvalue weighted by atomic mass is 9.92. The standard InChI is InChI=1S/C17H17BrN4O3S/c1-3-26-17-21-14-13(16(25)22-17)10(7-12(23)20-14)15(24)19-11-5-4-9(18)6-8(11)2/h4-6,10H,3,7H2,1-2H3,(H,19,24)(H2,20,21,22,23,25). The van der Waals surface area contributed by atoms with Crippen molar-refractivity contribution in [3.8, 4) is 0 Å². The zero-order valence-corrected chi connectivity index (χ0v) is 16.6. The molecular formula is C17H17BrN4O3S. The minimum atomic E-state index is -0.890. The summed E-state index contributed by atoms with van der Waals surface area (Å²) in [5, 5.41) is 5.83. The van der Waals surface area contributed by atoms with Crippen LogP contribution in [-0.4, -0.2) is 27.5 Å². The molecule has 1 aliphatic heterocycles. The lowest BCUT2D eigenvalue weighted by Gasteiger charge is -2.23. The number of hydrogen-bond acceptors (Lipinski definition) is 5. The van der Waals surface area contributed by atoms with Crippen molar-refractivity contribution in [2.24, 2.45) is 0 Å². The van der Waals surface area contributed by atoms with Gasteiger partial charge in [0.2, 0.25) is 11.8 Å². The Bertz CT molecular complexity index is 944. The average molecular weight is 437 g/mol. The fraction of sp³-hybridized carbons (Fsp3) is 0.294. The number of rotatable bonds is 4. The number of aromatic nitrogens is 2. The lowest BCUT2D eigenvalue weighted by Crippen LogP contribution is -2.36. The SMILES string of the molecule is CCSc1nc2c(c(=O)[nH]1)C(C(=O)Nc1ccc(Br)cc1C)CC(=O)N2. The maximum absolute atomic E-state index is 12.8. The number of nitrogens with zero attached hydrogens (tertiary/aromatic N) is 1. The van der Waals surface area contributed by atoms with E-state index in [-0.39, 0.29) is 23.7 Å². The Morgan fingerprint density at radius 2 is 2.19 bits per heavy atom. The molecule has 3 rings (SSSR count). The van der Waals surface area contributed by atoms with E-state index in [1.54, 1.807) is 6.07 Å². The van der Waals surface area contributed by atoms with Crippen LogP contribution < -0.4 is 16.2 Å². The molecule has 9 heteroatoms. The fourth-order valence-corrected chi connectivity index (χ4v) is 3.84. The van der Waals surface area contributed by atoms with Gasteiger partial charge in [-0.3, -0.25) is 14.4 Å². The molecule has 7 nitrogen and oxygen atoms in total. The molecule has 1 aromatic carbocycles. The third kappa shape index (κ3) is 3.83. The van der Waals surface area contributed by atoms with Crippen molar-refractivity contribution in [1.82, 2.24) is 9.97 Å². The number of aromatic amines is 1. The van der Waals surface area contributed by atoms with E-state index in [0.717, 1.165) is 15.8 Å². The Hall–Kier alpha value is -2.13. The van der Waals surface area contributed by atoms with E-state index in [9.17, 15) is 14.4 Å². The van der Waals surface area contributed by atoms with Gasteiger partial charge in [-0.1, -0.05) is 34.6 Å². The average Bonchev–Trinajstić information content (AvgIpc) is 2.56. The molecule has 2 amide bonds. The first-order valence-electron chi connectivity index (χ1n) is 8.03. The normalized spacial score (nSPS) is 16.0. The smallest absolute Gasteiger partial charge is 0.257 e. The van der Waals surface area contributed by atoms with Crippen molar-refractivity contribution in [1.29, 1.82) is 0 Å². The Balaban J connectivity index is 1.95. The van der Waals surface area contributed by atoms with Crippen molar-refractivity contribution < 1.29 is 9.59 Å². The Morgan fingerprint density at radius 1 is 1.42 bits per heavy atom. The van der Waals surface area contributed by atoms with Gasteiger partial charge in [-0.15, -0.1) is 0 Å². The maximum atomic E-state index is 12.8. The number of halogens is 1. The number of nitrogens with one attached hydrogen (secondary N) is 3. The number of benzene rings is 1. The Labute approximate surface area is 162 Å². The van der Waals surface area contributed by atoms with Crippen LogP contribution in [0.25, 0.3) is 0 Å². The third-order valence-electron chi connectivity index (χ3n) is 3.97. The second kappa shape index (κ2) is 7.63. The monoisotopic (exact) mass is 436 g/mol. The molecule has 0 radical (unpaired) electrons. The highest BCUT2D eigenvalue weighted by atomic mass is 79.9. The minimum absolute atomic E-state index is 0.0978. The molecule has 0 aliphatic carbocycles. The first-order valence-corrected chi connectivity index (χ1v) is 9.80. The number of carbonyl (C=O) groups is 2. The molecule has 0 fully saturated rings. The van der Waals surface area contributed by atoms with E-state index in [0.29, 0.717) is 10.8 Å². The number of fused-ring (bicyclic) bond motifs is 1. The summed E-state index contributed by atoms with van der Waals surface area (Å²) in [5.74, 6) is -0.750. The number of amides is 2. The second-order valence-electron chi connectivity index (χ2n) is 5.82. The molecule has 136 valence electrons. The van der Waals surface area contributed by atoms with E-state index in [2.05, 4.69) is 36.5 Å². The number of hydrogen-bond donors (Lipinski definition) is 3. The van der Waals surface area contributed by atoms with Gasteiger partial charge in [0.05, 0.1) is 11.5 Å². The highest BCUT2D eigenvalue weighted by Gasteiger charge is 2.34. The maximum Gasteiger partial charge on any atom is 0.257 e. The van der Waals surface area contributed by atoms with Crippen LogP contribution in [0.1, 0.15) is 30.4 Å². The van der Waals surface area contributed by atoms with Gasteiger partial charge in [0, 0.05) is 16.6 Å². The molecule has 2 heterocycles. The Morgan fingerprint density at radius 3 is 2.88 bits per heavy atom. The van der Waals surface area contributed by atoms with Crippen LogP contribution >= 0.6 is 27.7 Å². The molecule has 3 N–H and O–H groups in total. The van der Waals surface area contributed by atoms with E-state index in [4.69, 9.17) is 0 Å². The summed E-state index contributed by atoms with van der Waals surface area (Å²) in [6.45, 7) is 3.80. The highest BCUT2D eigenvalue weighted by Crippen LogP contribution is 2.31. The molecule has 0 bridgehead atoms. The van der Waals surface area contributed by atoms with Crippen LogP contribution in [0.4, 0.5) is 11.5 Å². The van der Waals surface area contributed by atoms with Crippen LogP contribution in [0.2, 0.25) is 0 Å². The first kappa shape index (κ1) is 18.7. The zero-order valence-electron chi connectivity index (χ0n) is 14.2. The van der Waals surface area contributed by atoms with Crippen molar-refractivity contribution in [3.05, 3.63) is 44.2 Å². The van der Waals surface area contributed by atoms with Crippen LogP contribution in [0.5, 0.6) is 0 Å². The number of H-pyrrole nitrogens is 1. The molecule has 0 saturated carbocycles. The fourth-order valence-electron chi connectivity index (χ4n) is 2.77. The van der Waals surface area contributed by atoms with Gasteiger partial charge in [-0.05, 0) is 36.4 Å². The predicted octanol–water partition coefficient (Wildman–Crippen LogP) is 3.02. The quantitative estimate of drug-likeness (QED) is 0.504. The van der Waals surface area contributed by atoms with Gasteiger partial charge in [-0.25, -0.2) is 4.98 Å². The van der Waals surface area contributed by atoms with Gasteiger partial charge in [0.25, 0.3) is 5.56 Å². The first-order chi connectivity index (χ1) is 12.4. The van der Waals surface area contributed by atoms with Gasteiger partial charge in [0.1, 0.15) is 5.82 Å². The van der Waals surface area contributed by atoms with Crippen LogP contribution in [0.3, 0.4) is 0 Å². The molecule has 2 aromatic rings. The Kier molecular flexibility index (Phi) is 5.47.